The Balaban J connectivity index is 1.30. The summed E-state index contributed by atoms with van der Waals surface area (Å²) in [5.74, 6) is 0.839. The summed E-state index contributed by atoms with van der Waals surface area (Å²) in [4.78, 5) is 10.8. The molecule has 0 N–H and O–H groups in total. The monoisotopic (exact) mass is 627 g/mol. The van der Waals surface area contributed by atoms with Crippen LogP contribution >= 0.6 is 11.3 Å². The Labute approximate surface area is 278 Å². The maximum atomic E-state index is 5.44. The lowest BCUT2D eigenvalue weighted by Crippen LogP contribution is -2.04. The van der Waals surface area contributed by atoms with E-state index in [0.29, 0.717) is 0 Å². The van der Waals surface area contributed by atoms with Gasteiger partial charge in [0.2, 0.25) is 0 Å². The fourth-order valence-corrected chi connectivity index (χ4v) is 8.95. The molecule has 0 spiro atoms. The molecule has 0 saturated carbocycles. The highest BCUT2D eigenvalue weighted by Crippen LogP contribution is 2.43. The third-order valence-corrected chi connectivity index (χ3v) is 11.1. The molecule has 0 atom stereocenters. The van der Waals surface area contributed by atoms with Gasteiger partial charge in [-0.1, -0.05) is 121 Å². The number of nitrogens with zero attached hydrogens (tertiary/aromatic N) is 3. The SMILES string of the molecule is c1ccc2c(c1)ccc1ccc3c(ccc4c5ccccc5n(-c5nc6ccccc6nc5-c5ccc6c(c5)sc5ccccc56)c34)c12. The van der Waals surface area contributed by atoms with Gasteiger partial charge >= 0.3 is 0 Å². The Kier molecular flexibility index (Phi) is 5.26. The van der Waals surface area contributed by atoms with Crippen LogP contribution in [0.1, 0.15) is 0 Å². The molecule has 3 heterocycles. The summed E-state index contributed by atoms with van der Waals surface area (Å²) in [7, 11) is 0. The van der Waals surface area contributed by atoms with Crippen molar-refractivity contribution < 1.29 is 0 Å². The Bertz CT molecular complexity index is 3130. The van der Waals surface area contributed by atoms with Crippen LogP contribution in [0, 0.1) is 0 Å². The lowest BCUT2D eigenvalue weighted by atomic mass is 9.95. The van der Waals surface area contributed by atoms with Crippen molar-refractivity contribution in [2.24, 2.45) is 0 Å². The average Bonchev–Trinajstić information content (AvgIpc) is 3.69. The van der Waals surface area contributed by atoms with Crippen LogP contribution in [-0.4, -0.2) is 14.5 Å². The zero-order valence-electron chi connectivity index (χ0n) is 25.7. The molecule has 4 heteroatoms. The van der Waals surface area contributed by atoms with E-state index in [1.165, 1.54) is 63.3 Å². The van der Waals surface area contributed by atoms with E-state index in [4.69, 9.17) is 9.97 Å². The molecule has 48 heavy (non-hydrogen) atoms. The highest BCUT2D eigenvalue weighted by Gasteiger charge is 2.22. The van der Waals surface area contributed by atoms with Crippen LogP contribution in [0.4, 0.5) is 0 Å². The van der Waals surface area contributed by atoms with Crippen molar-refractivity contribution in [3.63, 3.8) is 0 Å². The van der Waals surface area contributed by atoms with Crippen LogP contribution in [0.3, 0.4) is 0 Å². The lowest BCUT2D eigenvalue weighted by molar-refractivity contribution is 1.08. The van der Waals surface area contributed by atoms with Gasteiger partial charge in [-0.05, 0) is 57.3 Å². The molecule has 0 bridgehead atoms. The molecule has 0 amide bonds. The quantitative estimate of drug-likeness (QED) is 0.179. The third-order valence-electron chi connectivity index (χ3n) is 9.95. The van der Waals surface area contributed by atoms with Crippen molar-refractivity contribution >= 4 is 96.7 Å². The molecule has 0 aliphatic rings. The first-order chi connectivity index (χ1) is 23.8. The number of aromatic nitrogens is 3. The first kappa shape index (κ1) is 26.0. The Morgan fingerprint density at radius 3 is 1.98 bits per heavy atom. The molecular formula is C44H25N3S. The summed E-state index contributed by atoms with van der Waals surface area (Å²) < 4.78 is 4.91. The number of rotatable bonds is 2. The van der Waals surface area contributed by atoms with Gasteiger partial charge in [0, 0.05) is 41.9 Å². The number of hydrogen-bond acceptors (Lipinski definition) is 3. The second-order valence-electron chi connectivity index (χ2n) is 12.6. The molecule has 11 aromatic rings. The van der Waals surface area contributed by atoms with E-state index in [2.05, 4.69) is 144 Å². The molecule has 0 aliphatic heterocycles. The van der Waals surface area contributed by atoms with Crippen molar-refractivity contribution in [1.29, 1.82) is 0 Å². The Morgan fingerprint density at radius 2 is 1.06 bits per heavy atom. The molecule has 0 unspecified atom stereocenters. The predicted molar refractivity (Wildman–Crippen MR) is 205 cm³/mol. The average molecular weight is 628 g/mol. The summed E-state index contributed by atoms with van der Waals surface area (Å²) in [5, 5.41) is 12.5. The third kappa shape index (κ3) is 3.58. The summed E-state index contributed by atoms with van der Waals surface area (Å²) in [6.07, 6.45) is 0. The van der Waals surface area contributed by atoms with Gasteiger partial charge in [-0.15, -0.1) is 11.3 Å². The summed E-state index contributed by atoms with van der Waals surface area (Å²) in [6.45, 7) is 0. The molecular weight excluding hydrogens is 603 g/mol. The van der Waals surface area contributed by atoms with E-state index >= 15 is 0 Å². The van der Waals surface area contributed by atoms with E-state index < -0.39 is 0 Å². The normalized spacial score (nSPS) is 12.2. The zero-order chi connectivity index (χ0) is 31.3. The van der Waals surface area contributed by atoms with Crippen LogP contribution in [0.2, 0.25) is 0 Å². The Morgan fingerprint density at radius 1 is 0.438 bits per heavy atom. The molecule has 3 nitrogen and oxygen atoms in total. The topological polar surface area (TPSA) is 30.7 Å². The minimum absolute atomic E-state index is 0.839. The second-order valence-corrected chi connectivity index (χ2v) is 13.6. The molecule has 0 saturated heterocycles. The van der Waals surface area contributed by atoms with Gasteiger partial charge in [0.05, 0.1) is 22.1 Å². The highest BCUT2D eigenvalue weighted by atomic mass is 32.1. The lowest BCUT2D eigenvalue weighted by Gasteiger charge is -2.15. The van der Waals surface area contributed by atoms with Gasteiger partial charge in [0.15, 0.2) is 5.82 Å². The molecule has 8 aromatic carbocycles. The predicted octanol–water partition coefficient (Wildman–Crippen LogP) is 12.2. The summed E-state index contributed by atoms with van der Waals surface area (Å²) in [5.41, 5.74) is 5.96. The number of benzene rings is 8. The van der Waals surface area contributed by atoms with Crippen LogP contribution < -0.4 is 0 Å². The van der Waals surface area contributed by atoms with Crippen molar-refractivity contribution in [3.05, 3.63) is 152 Å². The number of para-hydroxylation sites is 3. The fourth-order valence-electron chi connectivity index (χ4n) is 7.80. The van der Waals surface area contributed by atoms with Crippen LogP contribution in [0.15, 0.2) is 152 Å². The van der Waals surface area contributed by atoms with Crippen molar-refractivity contribution in [3.8, 4) is 17.1 Å². The molecule has 0 fully saturated rings. The van der Waals surface area contributed by atoms with Crippen LogP contribution in [0.5, 0.6) is 0 Å². The number of thiophene rings is 1. The van der Waals surface area contributed by atoms with Gasteiger partial charge in [-0.25, -0.2) is 9.97 Å². The molecule has 222 valence electrons. The zero-order valence-corrected chi connectivity index (χ0v) is 26.5. The van der Waals surface area contributed by atoms with Crippen molar-refractivity contribution in [1.82, 2.24) is 14.5 Å². The smallest absolute Gasteiger partial charge is 0.165 e. The van der Waals surface area contributed by atoms with E-state index in [9.17, 15) is 0 Å². The second kappa shape index (κ2) is 9.71. The van der Waals surface area contributed by atoms with Crippen molar-refractivity contribution in [2.75, 3.05) is 0 Å². The number of fused-ring (bicyclic) bond motifs is 13. The summed E-state index contributed by atoms with van der Waals surface area (Å²) >= 11 is 1.83. The van der Waals surface area contributed by atoms with Crippen molar-refractivity contribution in [2.45, 2.75) is 0 Å². The van der Waals surface area contributed by atoms with Crippen LogP contribution in [-0.2, 0) is 0 Å². The van der Waals surface area contributed by atoms with Gasteiger partial charge < -0.3 is 0 Å². The highest BCUT2D eigenvalue weighted by molar-refractivity contribution is 7.25. The molecule has 0 aliphatic carbocycles. The standard InChI is InChI=1S/C44H25N3S/c1-2-10-29-26(9-1)17-18-27-19-22-35-33(41(27)29)23-24-34-30-11-3-7-15-38(30)47(43(34)35)44-42(45-36-13-5-6-14-37(36)46-44)28-20-21-32-31-12-4-8-16-39(31)48-40(32)25-28/h1-25H. The molecule has 0 radical (unpaired) electrons. The maximum Gasteiger partial charge on any atom is 0.165 e. The van der Waals surface area contributed by atoms with E-state index in [0.717, 1.165) is 39.1 Å². The van der Waals surface area contributed by atoms with Gasteiger partial charge in [0.25, 0.3) is 0 Å². The molecule has 3 aromatic heterocycles. The fraction of sp³-hybridized carbons (Fsp3) is 0. The maximum absolute atomic E-state index is 5.44. The van der Waals surface area contributed by atoms with E-state index in [1.807, 2.05) is 23.5 Å². The molecule has 11 rings (SSSR count). The van der Waals surface area contributed by atoms with Gasteiger partial charge in [-0.2, -0.15) is 0 Å². The number of hydrogen-bond donors (Lipinski definition) is 0. The Hall–Kier alpha value is -6.10. The van der Waals surface area contributed by atoms with Crippen LogP contribution in [0.25, 0.3) is 102 Å². The minimum Gasteiger partial charge on any atom is -0.291 e. The first-order valence-corrected chi connectivity index (χ1v) is 17.1. The largest absolute Gasteiger partial charge is 0.291 e. The first-order valence-electron chi connectivity index (χ1n) is 16.3. The summed E-state index contributed by atoms with van der Waals surface area (Å²) in [6, 6.07) is 54.7. The van der Waals surface area contributed by atoms with Gasteiger partial charge in [-0.3, -0.25) is 4.57 Å². The minimum atomic E-state index is 0.839. The van der Waals surface area contributed by atoms with Gasteiger partial charge in [0.1, 0.15) is 5.69 Å². The van der Waals surface area contributed by atoms with E-state index in [1.54, 1.807) is 0 Å². The van der Waals surface area contributed by atoms with E-state index in [-0.39, 0.29) is 0 Å².